The highest BCUT2D eigenvalue weighted by Gasteiger charge is 2.32. The van der Waals surface area contributed by atoms with Crippen LogP contribution in [-0.4, -0.2) is 25.2 Å². The average molecular weight is 168 g/mol. The van der Waals surface area contributed by atoms with Crippen LogP contribution in [0.5, 0.6) is 0 Å². The van der Waals surface area contributed by atoms with Gasteiger partial charge in [-0.15, -0.1) is 0 Å². The van der Waals surface area contributed by atoms with Crippen molar-refractivity contribution in [3.05, 3.63) is 0 Å². The fourth-order valence-electron chi connectivity index (χ4n) is 2.49. The molecule has 2 rings (SSSR count). The summed E-state index contributed by atoms with van der Waals surface area (Å²) in [6.07, 6.45) is 8.41. The molecule has 2 heterocycles. The van der Waals surface area contributed by atoms with Crippen LogP contribution in [0.25, 0.3) is 0 Å². The molecule has 2 fully saturated rings. The summed E-state index contributed by atoms with van der Waals surface area (Å²) in [5.41, 5.74) is 0.487. The monoisotopic (exact) mass is 168 g/mol. The van der Waals surface area contributed by atoms with E-state index in [-0.39, 0.29) is 0 Å². The lowest BCUT2D eigenvalue weighted by molar-refractivity contribution is 0.297. The van der Waals surface area contributed by atoms with Crippen molar-refractivity contribution < 1.29 is 0 Å². The Morgan fingerprint density at radius 2 is 1.75 bits per heavy atom. The standard InChI is InChI=1S/C10H20N2/c1-2-4-7-12-10(5-3-1)6-8-11-9-10/h11-12H,1-9H2. The van der Waals surface area contributed by atoms with Crippen molar-refractivity contribution in [2.45, 2.75) is 44.1 Å². The lowest BCUT2D eigenvalue weighted by Crippen LogP contribution is -2.48. The second kappa shape index (κ2) is 3.75. The Bertz CT molecular complexity index is 129. The van der Waals surface area contributed by atoms with Crippen LogP contribution in [-0.2, 0) is 0 Å². The molecule has 0 aromatic rings. The van der Waals surface area contributed by atoms with Gasteiger partial charge in [0.2, 0.25) is 0 Å². The topological polar surface area (TPSA) is 24.1 Å². The van der Waals surface area contributed by atoms with Gasteiger partial charge in [0.05, 0.1) is 0 Å². The predicted octanol–water partition coefficient (Wildman–Crippen LogP) is 1.27. The van der Waals surface area contributed by atoms with Gasteiger partial charge in [0.25, 0.3) is 0 Å². The van der Waals surface area contributed by atoms with E-state index in [1.807, 2.05) is 0 Å². The fraction of sp³-hybridized carbons (Fsp3) is 1.00. The van der Waals surface area contributed by atoms with E-state index in [2.05, 4.69) is 10.6 Å². The van der Waals surface area contributed by atoms with E-state index in [9.17, 15) is 0 Å². The molecule has 2 heteroatoms. The van der Waals surface area contributed by atoms with Gasteiger partial charge >= 0.3 is 0 Å². The van der Waals surface area contributed by atoms with Gasteiger partial charge in [-0.1, -0.05) is 19.3 Å². The van der Waals surface area contributed by atoms with Crippen LogP contribution in [0, 0.1) is 0 Å². The molecule has 0 aliphatic carbocycles. The minimum Gasteiger partial charge on any atom is -0.315 e. The molecule has 0 saturated carbocycles. The van der Waals surface area contributed by atoms with Gasteiger partial charge in [0.15, 0.2) is 0 Å². The first kappa shape index (κ1) is 8.52. The average Bonchev–Trinajstić information content (AvgIpc) is 2.47. The van der Waals surface area contributed by atoms with Gasteiger partial charge in [0.1, 0.15) is 0 Å². The molecular formula is C10H20N2. The number of nitrogens with one attached hydrogen (secondary N) is 2. The van der Waals surface area contributed by atoms with Gasteiger partial charge < -0.3 is 10.6 Å². The minimum absolute atomic E-state index is 0.487. The van der Waals surface area contributed by atoms with Gasteiger partial charge in [0, 0.05) is 12.1 Å². The summed E-state index contributed by atoms with van der Waals surface area (Å²) in [6, 6.07) is 0. The number of hydrogen-bond donors (Lipinski definition) is 2. The Labute approximate surface area is 75.1 Å². The zero-order valence-electron chi connectivity index (χ0n) is 7.86. The molecule has 1 unspecified atom stereocenters. The van der Waals surface area contributed by atoms with Gasteiger partial charge in [-0.2, -0.15) is 0 Å². The maximum Gasteiger partial charge on any atom is 0.0318 e. The first-order chi connectivity index (χ1) is 5.91. The summed E-state index contributed by atoms with van der Waals surface area (Å²) in [5.74, 6) is 0. The quantitative estimate of drug-likeness (QED) is 0.569. The van der Waals surface area contributed by atoms with E-state index in [1.54, 1.807) is 0 Å². The minimum atomic E-state index is 0.487. The first-order valence-electron chi connectivity index (χ1n) is 5.37. The Hall–Kier alpha value is -0.0800. The van der Waals surface area contributed by atoms with Crippen LogP contribution in [0.1, 0.15) is 38.5 Å². The molecule has 0 aromatic heterocycles. The van der Waals surface area contributed by atoms with Crippen LogP contribution in [0.2, 0.25) is 0 Å². The summed E-state index contributed by atoms with van der Waals surface area (Å²) in [4.78, 5) is 0. The van der Waals surface area contributed by atoms with E-state index in [0.29, 0.717) is 5.54 Å². The van der Waals surface area contributed by atoms with Crippen molar-refractivity contribution >= 4 is 0 Å². The van der Waals surface area contributed by atoms with Crippen molar-refractivity contribution in [1.82, 2.24) is 10.6 Å². The maximum atomic E-state index is 3.73. The van der Waals surface area contributed by atoms with Gasteiger partial charge in [-0.3, -0.25) is 0 Å². The van der Waals surface area contributed by atoms with Gasteiger partial charge in [-0.05, 0) is 32.4 Å². The second-order valence-electron chi connectivity index (χ2n) is 4.30. The third-order valence-electron chi connectivity index (χ3n) is 3.33. The molecule has 0 radical (unpaired) electrons. The molecule has 12 heavy (non-hydrogen) atoms. The van der Waals surface area contributed by atoms with Crippen molar-refractivity contribution in [1.29, 1.82) is 0 Å². The van der Waals surface area contributed by atoms with Crippen molar-refractivity contribution in [3.63, 3.8) is 0 Å². The summed E-state index contributed by atoms with van der Waals surface area (Å²) in [6.45, 7) is 3.65. The highest BCUT2D eigenvalue weighted by Crippen LogP contribution is 2.24. The maximum absolute atomic E-state index is 3.73. The molecule has 2 saturated heterocycles. The SMILES string of the molecule is C1CCCC2(CCNC2)NCC1. The van der Waals surface area contributed by atoms with Crippen LogP contribution in [0.15, 0.2) is 0 Å². The van der Waals surface area contributed by atoms with Crippen molar-refractivity contribution in [3.8, 4) is 0 Å². The van der Waals surface area contributed by atoms with Crippen LogP contribution in [0.3, 0.4) is 0 Å². The van der Waals surface area contributed by atoms with Crippen molar-refractivity contribution in [2.24, 2.45) is 0 Å². The zero-order chi connectivity index (χ0) is 8.28. The molecule has 2 aliphatic rings. The number of hydrogen-bond acceptors (Lipinski definition) is 2. The van der Waals surface area contributed by atoms with Gasteiger partial charge in [-0.25, -0.2) is 0 Å². The molecule has 2 N–H and O–H groups in total. The fourth-order valence-corrected chi connectivity index (χ4v) is 2.49. The van der Waals surface area contributed by atoms with E-state index < -0.39 is 0 Å². The second-order valence-corrected chi connectivity index (χ2v) is 4.30. The van der Waals surface area contributed by atoms with Crippen LogP contribution < -0.4 is 10.6 Å². The Morgan fingerprint density at radius 1 is 0.833 bits per heavy atom. The van der Waals surface area contributed by atoms with E-state index >= 15 is 0 Å². The third-order valence-corrected chi connectivity index (χ3v) is 3.33. The van der Waals surface area contributed by atoms with E-state index in [1.165, 1.54) is 58.2 Å². The summed E-state index contributed by atoms with van der Waals surface area (Å²) >= 11 is 0. The van der Waals surface area contributed by atoms with E-state index in [0.717, 1.165) is 0 Å². The Morgan fingerprint density at radius 3 is 2.58 bits per heavy atom. The largest absolute Gasteiger partial charge is 0.315 e. The normalized spacial score (nSPS) is 38.0. The molecule has 1 atom stereocenters. The lowest BCUT2D eigenvalue weighted by Gasteiger charge is -2.31. The van der Waals surface area contributed by atoms with Crippen molar-refractivity contribution in [2.75, 3.05) is 19.6 Å². The molecule has 0 bridgehead atoms. The van der Waals surface area contributed by atoms with Crippen LogP contribution >= 0.6 is 0 Å². The third kappa shape index (κ3) is 1.80. The molecule has 0 amide bonds. The molecule has 70 valence electrons. The zero-order valence-corrected chi connectivity index (χ0v) is 7.86. The number of rotatable bonds is 0. The highest BCUT2D eigenvalue weighted by atomic mass is 15.1. The predicted molar refractivity (Wildman–Crippen MR) is 51.3 cm³/mol. The molecular weight excluding hydrogens is 148 g/mol. The smallest absolute Gasteiger partial charge is 0.0318 e. The summed E-state index contributed by atoms with van der Waals surface area (Å²) < 4.78 is 0. The Kier molecular flexibility index (Phi) is 2.66. The lowest BCUT2D eigenvalue weighted by atomic mass is 9.89. The first-order valence-corrected chi connectivity index (χ1v) is 5.37. The molecule has 1 spiro atoms. The highest BCUT2D eigenvalue weighted by molar-refractivity contribution is 4.95. The summed E-state index contributed by atoms with van der Waals surface area (Å²) in [7, 11) is 0. The molecule has 2 aliphatic heterocycles. The molecule has 0 aromatic carbocycles. The molecule has 2 nitrogen and oxygen atoms in total. The summed E-state index contributed by atoms with van der Waals surface area (Å²) in [5, 5.41) is 7.20. The Balaban J connectivity index is 1.92. The van der Waals surface area contributed by atoms with Crippen LogP contribution in [0.4, 0.5) is 0 Å². The van der Waals surface area contributed by atoms with E-state index in [4.69, 9.17) is 0 Å².